The molecule has 0 aliphatic carbocycles. The number of benzene rings is 1. The quantitative estimate of drug-likeness (QED) is 0.570. The number of hydrogen-bond donors (Lipinski definition) is 0. The second kappa shape index (κ2) is 5.34. The molecule has 0 atom stereocenters. The lowest BCUT2D eigenvalue weighted by Gasteiger charge is -2.15. The first kappa shape index (κ1) is 13.0. The monoisotopic (exact) mass is 234 g/mol. The largest absolute Gasteiger partial charge is 0.371 e. The van der Waals surface area contributed by atoms with Gasteiger partial charge in [-0.05, 0) is 0 Å². The molecule has 0 aromatic heterocycles. The lowest BCUT2D eigenvalue weighted by molar-refractivity contribution is 0.593. The Hall–Kier alpha value is -1.03. The van der Waals surface area contributed by atoms with Crippen LogP contribution in [0.2, 0.25) is 0 Å². The van der Waals surface area contributed by atoms with Crippen LogP contribution in [0.1, 0.15) is 5.56 Å². The Balaban J connectivity index is 3.17. The van der Waals surface area contributed by atoms with E-state index in [0.29, 0.717) is 0 Å². The molecule has 2 heteroatoms. The second-order valence-corrected chi connectivity index (χ2v) is 9.49. The van der Waals surface area contributed by atoms with Gasteiger partial charge >= 0.3 is 0 Å². The minimum Gasteiger partial charge on any atom is -0.371 e. The molecule has 0 bridgehead atoms. The maximum atomic E-state index is 3.44. The maximum Gasteiger partial charge on any atom is 0.101 e. The number of hydrogen-bond acceptors (Lipinski definition) is 1. The van der Waals surface area contributed by atoms with Crippen molar-refractivity contribution in [3.05, 3.63) is 47.4 Å². The van der Waals surface area contributed by atoms with Crippen molar-refractivity contribution in [2.45, 2.75) is 0 Å². The van der Waals surface area contributed by atoms with Gasteiger partial charge in [0.05, 0.1) is 25.7 Å². The highest BCUT2D eigenvalue weighted by molar-refractivity contribution is 7.76. The second-order valence-electron chi connectivity index (χ2n) is 5.00. The molecule has 0 aliphatic heterocycles. The average Bonchev–Trinajstić information content (AvgIpc) is 2.17. The van der Waals surface area contributed by atoms with E-state index >= 15 is 0 Å². The topological polar surface area (TPSA) is 3.24 Å². The molecule has 0 radical (unpaired) electrons. The first-order valence-corrected chi connectivity index (χ1v) is 8.62. The molecule has 1 aromatic rings. The predicted octanol–water partition coefficient (Wildman–Crippen LogP) is 3.61. The minimum absolute atomic E-state index is 0.913. The Morgan fingerprint density at radius 3 is 2.12 bits per heavy atom. The molecule has 0 fully saturated rings. The van der Waals surface area contributed by atoms with E-state index in [2.05, 4.69) is 74.8 Å². The molecule has 16 heavy (non-hydrogen) atoms. The molecule has 0 unspecified atom stereocenters. The van der Waals surface area contributed by atoms with Crippen molar-refractivity contribution in [3.8, 4) is 0 Å². The van der Waals surface area contributed by atoms with Crippen LogP contribution in [0.3, 0.4) is 0 Å². The molecule has 86 valence electrons. The van der Waals surface area contributed by atoms with Gasteiger partial charge in [0.2, 0.25) is 0 Å². The Bertz CT molecular complexity index is 392. The zero-order valence-corrected chi connectivity index (χ0v) is 11.8. The Labute approximate surface area is 99.8 Å². The van der Waals surface area contributed by atoms with E-state index in [9.17, 15) is 0 Å². The molecular formula is C14H21NP+. The van der Waals surface area contributed by atoms with E-state index in [1.807, 2.05) is 6.07 Å². The fraction of sp³-hybridized carbons (Fsp3) is 0.357. The van der Waals surface area contributed by atoms with E-state index < -0.39 is 7.26 Å². The van der Waals surface area contributed by atoms with Gasteiger partial charge in [-0.15, -0.1) is 0 Å². The van der Waals surface area contributed by atoms with Crippen molar-refractivity contribution < 1.29 is 0 Å². The van der Waals surface area contributed by atoms with Crippen LogP contribution in [0, 0.1) is 0 Å². The van der Waals surface area contributed by atoms with Crippen LogP contribution in [0.25, 0.3) is 5.70 Å². The van der Waals surface area contributed by atoms with Crippen molar-refractivity contribution >= 4 is 13.0 Å². The van der Waals surface area contributed by atoms with Crippen molar-refractivity contribution in [1.82, 2.24) is 4.90 Å². The number of nitrogens with zero attached hydrogens (tertiary/aromatic N) is 1. The number of rotatable bonds is 3. The van der Waals surface area contributed by atoms with Gasteiger partial charge in [0.15, 0.2) is 0 Å². The molecule has 0 N–H and O–H groups in total. The van der Waals surface area contributed by atoms with Crippen LogP contribution in [-0.2, 0) is 0 Å². The first-order valence-electron chi connectivity index (χ1n) is 5.42. The Morgan fingerprint density at radius 1 is 1.12 bits per heavy atom. The third-order valence-corrected chi connectivity index (χ3v) is 2.99. The van der Waals surface area contributed by atoms with Gasteiger partial charge < -0.3 is 4.90 Å². The van der Waals surface area contributed by atoms with E-state index in [0.717, 1.165) is 5.70 Å². The van der Waals surface area contributed by atoms with Crippen molar-refractivity contribution in [3.63, 3.8) is 0 Å². The van der Waals surface area contributed by atoms with Crippen LogP contribution >= 0.6 is 7.26 Å². The fourth-order valence-corrected chi connectivity index (χ4v) is 1.83. The summed E-state index contributed by atoms with van der Waals surface area (Å²) in [7, 11) is 3.21. The van der Waals surface area contributed by atoms with Crippen LogP contribution < -0.4 is 0 Å². The predicted molar refractivity (Wildman–Crippen MR) is 76.3 cm³/mol. The smallest absolute Gasteiger partial charge is 0.101 e. The first-order chi connectivity index (χ1) is 7.40. The highest BCUT2D eigenvalue weighted by Gasteiger charge is 2.12. The van der Waals surface area contributed by atoms with E-state index in [1.165, 1.54) is 5.56 Å². The molecule has 1 aromatic carbocycles. The van der Waals surface area contributed by atoms with Crippen molar-refractivity contribution in [1.29, 1.82) is 0 Å². The van der Waals surface area contributed by atoms with Crippen LogP contribution in [0.15, 0.2) is 41.9 Å². The zero-order valence-electron chi connectivity index (χ0n) is 10.9. The highest BCUT2D eigenvalue weighted by atomic mass is 31.2. The minimum atomic E-state index is -0.913. The summed E-state index contributed by atoms with van der Waals surface area (Å²) >= 11 is 0. The van der Waals surface area contributed by atoms with E-state index in [1.54, 1.807) is 0 Å². The van der Waals surface area contributed by atoms with Gasteiger partial charge in [0, 0.05) is 26.9 Å². The molecule has 0 amide bonds. The highest BCUT2D eigenvalue weighted by Crippen LogP contribution is 2.47. The lowest BCUT2D eigenvalue weighted by Crippen LogP contribution is -2.08. The van der Waals surface area contributed by atoms with Crippen LogP contribution in [0.5, 0.6) is 0 Å². The normalized spacial score (nSPS) is 10.6. The van der Waals surface area contributed by atoms with E-state index in [4.69, 9.17) is 0 Å². The van der Waals surface area contributed by atoms with Gasteiger partial charge in [0.25, 0.3) is 0 Å². The van der Waals surface area contributed by atoms with Crippen molar-refractivity contribution in [2.75, 3.05) is 34.1 Å². The average molecular weight is 234 g/mol. The summed E-state index contributed by atoms with van der Waals surface area (Å²) in [5.74, 6) is 2.23. The fourth-order valence-electron chi connectivity index (χ4n) is 1.32. The van der Waals surface area contributed by atoms with Crippen molar-refractivity contribution in [2.24, 2.45) is 0 Å². The van der Waals surface area contributed by atoms with Gasteiger partial charge in [-0.25, -0.2) is 0 Å². The summed E-state index contributed by atoms with van der Waals surface area (Å²) < 4.78 is 0. The zero-order chi connectivity index (χ0) is 12.2. The summed E-state index contributed by atoms with van der Waals surface area (Å²) in [4.78, 5) is 2.11. The van der Waals surface area contributed by atoms with Gasteiger partial charge in [-0.2, -0.15) is 0 Å². The molecule has 0 saturated carbocycles. The SMILES string of the molecule is CN(C)C(=C=C[P+](C)(C)C)c1ccccc1. The summed E-state index contributed by atoms with van der Waals surface area (Å²) in [5, 5.41) is 0. The molecule has 1 nitrogen and oxygen atoms in total. The summed E-state index contributed by atoms with van der Waals surface area (Å²) in [6, 6.07) is 10.4. The van der Waals surface area contributed by atoms with E-state index in [-0.39, 0.29) is 0 Å². The van der Waals surface area contributed by atoms with Gasteiger partial charge in [-0.3, -0.25) is 0 Å². The van der Waals surface area contributed by atoms with Crippen LogP contribution in [0.4, 0.5) is 0 Å². The third kappa shape index (κ3) is 4.23. The molecular weight excluding hydrogens is 213 g/mol. The maximum absolute atomic E-state index is 3.44. The summed E-state index contributed by atoms with van der Waals surface area (Å²) in [5.41, 5.74) is 5.81. The lowest BCUT2D eigenvalue weighted by atomic mass is 10.1. The molecule has 0 spiro atoms. The Kier molecular flexibility index (Phi) is 4.35. The Morgan fingerprint density at radius 2 is 1.69 bits per heavy atom. The van der Waals surface area contributed by atoms with Crippen LogP contribution in [-0.4, -0.2) is 39.0 Å². The summed E-state index contributed by atoms with van der Waals surface area (Å²) in [6.45, 7) is 6.87. The molecule has 1 rings (SSSR count). The van der Waals surface area contributed by atoms with Gasteiger partial charge in [-0.1, -0.05) is 36.1 Å². The third-order valence-electron chi connectivity index (χ3n) is 2.08. The molecule has 0 saturated heterocycles. The van der Waals surface area contributed by atoms with Gasteiger partial charge in [0.1, 0.15) is 5.82 Å². The summed E-state index contributed by atoms with van der Waals surface area (Å²) in [6.07, 6.45) is 0. The molecule has 0 heterocycles. The standard InChI is InChI=1S/C14H21NP/c1-15(2)14(11-12-16(3,4)5)13-9-7-6-8-10-13/h6-10,12H,1-5H3/q+1. The molecule has 0 aliphatic rings.